The minimum Gasteiger partial charge on any atom is -0.351 e. The number of carbonyl (C=O) groups is 2. The van der Waals surface area contributed by atoms with Crippen LogP contribution in [0.5, 0.6) is 0 Å². The van der Waals surface area contributed by atoms with Crippen molar-refractivity contribution < 1.29 is 9.59 Å². The van der Waals surface area contributed by atoms with Gasteiger partial charge in [-0.1, -0.05) is 6.92 Å². The second-order valence-corrected chi connectivity index (χ2v) is 2.01. The Hall–Kier alpha value is -1.06. The van der Waals surface area contributed by atoms with Crippen molar-refractivity contribution in [2.75, 3.05) is 6.54 Å². The average molecular weight is 144 g/mol. The molecule has 0 aliphatic carbocycles. The Kier molecular flexibility index (Phi) is 3.46. The van der Waals surface area contributed by atoms with Crippen LogP contribution in [0.25, 0.3) is 0 Å². The Labute approximate surface area is 60.0 Å². The van der Waals surface area contributed by atoms with Crippen LogP contribution in [0.4, 0.5) is 4.79 Å². The van der Waals surface area contributed by atoms with Gasteiger partial charge in [-0.05, 0) is 6.42 Å². The molecular formula is C6H12N2O2. The second-order valence-electron chi connectivity index (χ2n) is 2.01. The number of nitrogens with zero attached hydrogens (tertiary/aromatic N) is 1. The highest BCUT2D eigenvalue weighted by atomic mass is 16.2. The van der Waals surface area contributed by atoms with Gasteiger partial charge in [-0.15, -0.1) is 0 Å². The molecule has 0 unspecified atom stereocenters. The summed E-state index contributed by atoms with van der Waals surface area (Å²) in [4.78, 5) is 22.1. The summed E-state index contributed by atoms with van der Waals surface area (Å²) in [5.41, 5.74) is 4.89. The number of primary amides is 1. The molecule has 0 spiro atoms. The Balaban J connectivity index is 3.98. The smallest absolute Gasteiger partial charge is 0.321 e. The zero-order chi connectivity index (χ0) is 8.15. The largest absolute Gasteiger partial charge is 0.351 e. The second kappa shape index (κ2) is 3.87. The number of imide groups is 1. The molecule has 3 amide bonds. The Bertz CT molecular complexity index is 131. The molecule has 0 aliphatic rings. The molecule has 10 heavy (non-hydrogen) atoms. The molecule has 0 saturated heterocycles. The summed E-state index contributed by atoms with van der Waals surface area (Å²) in [5, 5.41) is 0. The van der Waals surface area contributed by atoms with Crippen LogP contribution in [0.2, 0.25) is 0 Å². The third-order valence-electron chi connectivity index (χ3n) is 1.09. The van der Waals surface area contributed by atoms with Crippen molar-refractivity contribution in [3.8, 4) is 0 Å². The summed E-state index contributed by atoms with van der Waals surface area (Å²) >= 11 is 0. The summed E-state index contributed by atoms with van der Waals surface area (Å²) in [5.74, 6) is -0.297. The zero-order valence-electron chi connectivity index (χ0n) is 6.26. The van der Waals surface area contributed by atoms with Crippen molar-refractivity contribution in [2.24, 2.45) is 5.73 Å². The van der Waals surface area contributed by atoms with E-state index in [4.69, 9.17) is 5.73 Å². The third-order valence-corrected chi connectivity index (χ3v) is 1.09. The van der Waals surface area contributed by atoms with E-state index in [1.807, 2.05) is 6.92 Å². The SMILES string of the molecule is CCCN(C(C)=O)C(N)=O. The van der Waals surface area contributed by atoms with Crippen LogP contribution >= 0.6 is 0 Å². The maximum Gasteiger partial charge on any atom is 0.321 e. The minimum atomic E-state index is -0.672. The van der Waals surface area contributed by atoms with E-state index >= 15 is 0 Å². The lowest BCUT2D eigenvalue weighted by atomic mass is 10.4. The molecule has 0 radical (unpaired) electrons. The fourth-order valence-corrected chi connectivity index (χ4v) is 0.646. The van der Waals surface area contributed by atoms with Gasteiger partial charge in [-0.25, -0.2) is 4.79 Å². The van der Waals surface area contributed by atoms with Gasteiger partial charge in [0.1, 0.15) is 0 Å². The Morgan fingerprint density at radius 2 is 2.00 bits per heavy atom. The molecule has 0 fully saturated rings. The third kappa shape index (κ3) is 2.48. The number of hydrogen-bond donors (Lipinski definition) is 1. The fraction of sp³-hybridized carbons (Fsp3) is 0.667. The van der Waals surface area contributed by atoms with E-state index in [0.717, 1.165) is 11.3 Å². The van der Waals surface area contributed by atoms with Gasteiger partial charge in [0, 0.05) is 13.5 Å². The highest BCUT2D eigenvalue weighted by Crippen LogP contribution is 1.90. The standard InChI is InChI=1S/C6H12N2O2/c1-3-4-8(5(2)9)6(7)10/h3-4H2,1-2H3,(H2,7,10). The molecular weight excluding hydrogens is 132 g/mol. The molecule has 0 atom stereocenters. The monoisotopic (exact) mass is 144 g/mol. The Morgan fingerprint density at radius 3 is 2.10 bits per heavy atom. The summed E-state index contributed by atoms with van der Waals surface area (Å²) in [6, 6.07) is -0.672. The van der Waals surface area contributed by atoms with Gasteiger partial charge in [0.2, 0.25) is 5.91 Å². The number of rotatable bonds is 2. The maximum atomic E-state index is 10.6. The first-order valence-electron chi connectivity index (χ1n) is 3.17. The average Bonchev–Trinajstić information content (AvgIpc) is 1.81. The minimum absolute atomic E-state index is 0.297. The van der Waals surface area contributed by atoms with Crippen LogP contribution in [0.3, 0.4) is 0 Å². The van der Waals surface area contributed by atoms with E-state index in [1.54, 1.807) is 0 Å². The van der Waals surface area contributed by atoms with Crippen LogP contribution in [0.1, 0.15) is 20.3 Å². The fourth-order valence-electron chi connectivity index (χ4n) is 0.646. The van der Waals surface area contributed by atoms with Crippen molar-refractivity contribution in [2.45, 2.75) is 20.3 Å². The summed E-state index contributed by atoms with van der Waals surface area (Å²) in [6.07, 6.45) is 0.739. The van der Waals surface area contributed by atoms with E-state index in [0.29, 0.717) is 6.54 Å². The molecule has 0 aromatic carbocycles. The van der Waals surface area contributed by atoms with Gasteiger partial charge in [0.15, 0.2) is 0 Å². The molecule has 0 saturated carbocycles. The number of nitrogens with two attached hydrogens (primary N) is 1. The van der Waals surface area contributed by atoms with Crippen molar-refractivity contribution in [1.82, 2.24) is 4.90 Å². The van der Waals surface area contributed by atoms with Gasteiger partial charge >= 0.3 is 6.03 Å². The van der Waals surface area contributed by atoms with Gasteiger partial charge in [0.05, 0.1) is 0 Å². The zero-order valence-corrected chi connectivity index (χ0v) is 6.26. The van der Waals surface area contributed by atoms with Crippen LogP contribution in [-0.4, -0.2) is 23.4 Å². The number of amides is 3. The number of urea groups is 1. The summed E-state index contributed by atoms with van der Waals surface area (Å²) in [7, 11) is 0. The van der Waals surface area contributed by atoms with Crippen molar-refractivity contribution >= 4 is 11.9 Å². The predicted molar refractivity (Wildman–Crippen MR) is 37.3 cm³/mol. The van der Waals surface area contributed by atoms with Crippen LogP contribution in [-0.2, 0) is 4.79 Å². The lowest BCUT2D eigenvalue weighted by Gasteiger charge is -2.14. The van der Waals surface area contributed by atoms with E-state index in [-0.39, 0.29) is 5.91 Å². The van der Waals surface area contributed by atoms with Gasteiger partial charge in [0.25, 0.3) is 0 Å². The molecule has 4 heteroatoms. The quantitative estimate of drug-likeness (QED) is 0.606. The summed E-state index contributed by atoms with van der Waals surface area (Å²) < 4.78 is 0. The van der Waals surface area contributed by atoms with Crippen LogP contribution in [0, 0.1) is 0 Å². The molecule has 2 N–H and O–H groups in total. The van der Waals surface area contributed by atoms with Crippen LogP contribution < -0.4 is 5.73 Å². The highest BCUT2D eigenvalue weighted by Gasteiger charge is 2.11. The van der Waals surface area contributed by atoms with Gasteiger partial charge in [-0.2, -0.15) is 0 Å². The Morgan fingerprint density at radius 1 is 1.50 bits per heavy atom. The highest BCUT2D eigenvalue weighted by molar-refractivity contribution is 5.92. The molecule has 0 aromatic heterocycles. The summed E-state index contributed by atoms with van der Waals surface area (Å²) in [6.45, 7) is 3.60. The molecule has 0 bridgehead atoms. The van der Waals surface area contributed by atoms with Crippen LogP contribution in [0.15, 0.2) is 0 Å². The molecule has 0 heterocycles. The first-order chi connectivity index (χ1) is 4.59. The number of carbonyl (C=O) groups excluding carboxylic acids is 2. The normalized spacial score (nSPS) is 9.00. The topological polar surface area (TPSA) is 63.4 Å². The van der Waals surface area contributed by atoms with Gasteiger partial charge in [-0.3, -0.25) is 9.69 Å². The van der Waals surface area contributed by atoms with Crippen molar-refractivity contribution in [1.29, 1.82) is 0 Å². The van der Waals surface area contributed by atoms with E-state index < -0.39 is 6.03 Å². The molecule has 4 nitrogen and oxygen atoms in total. The lowest BCUT2D eigenvalue weighted by Crippen LogP contribution is -2.39. The van der Waals surface area contributed by atoms with E-state index in [9.17, 15) is 9.59 Å². The molecule has 0 aromatic rings. The predicted octanol–water partition coefficient (Wildman–Crippen LogP) is 0.324. The van der Waals surface area contributed by atoms with Gasteiger partial charge < -0.3 is 5.73 Å². The van der Waals surface area contributed by atoms with Crippen molar-refractivity contribution in [3.63, 3.8) is 0 Å². The van der Waals surface area contributed by atoms with Crippen molar-refractivity contribution in [3.05, 3.63) is 0 Å². The lowest BCUT2D eigenvalue weighted by molar-refractivity contribution is -0.125. The maximum absolute atomic E-state index is 10.6. The molecule has 58 valence electrons. The first kappa shape index (κ1) is 8.94. The first-order valence-corrected chi connectivity index (χ1v) is 3.17. The van der Waals surface area contributed by atoms with E-state index in [2.05, 4.69) is 0 Å². The molecule has 0 rings (SSSR count). The van der Waals surface area contributed by atoms with E-state index in [1.165, 1.54) is 6.92 Å². The number of hydrogen-bond acceptors (Lipinski definition) is 2. The molecule has 0 aliphatic heterocycles.